The van der Waals surface area contributed by atoms with Crippen LogP contribution in [0.3, 0.4) is 0 Å². The molecule has 3 rings (SSSR count). The van der Waals surface area contributed by atoms with Crippen LogP contribution in [0, 0.1) is 6.92 Å². The van der Waals surface area contributed by atoms with Gasteiger partial charge in [-0.15, -0.1) is 0 Å². The van der Waals surface area contributed by atoms with Crippen molar-refractivity contribution in [2.75, 3.05) is 49.9 Å². The van der Waals surface area contributed by atoms with Crippen molar-refractivity contribution in [3.05, 3.63) is 44.6 Å². The van der Waals surface area contributed by atoms with Gasteiger partial charge in [-0.05, 0) is 43.9 Å². The molecule has 174 valence electrons. The van der Waals surface area contributed by atoms with Crippen LogP contribution in [0.25, 0.3) is 0 Å². The highest BCUT2D eigenvalue weighted by Gasteiger charge is 2.24. The number of hydrogen-bond acceptors (Lipinski definition) is 7. The standard InChI is InChI=1S/C22H31N5O5/c1-15-7-8-17(32-3)16(13-15)24-18(28)14-27-21(29)19(25-9-5-4-6-10-25)20(23)26(22(27)30)11-12-31-2/h7-8,13H,4-6,9-12,14,23H2,1-3H3,(H,24,28). The van der Waals surface area contributed by atoms with Crippen LogP contribution in [0.15, 0.2) is 27.8 Å². The Kier molecular flexibility index (Phi) is 7.57. The minimum atomic E-state index is -0.642. The number of nitrogen functional groups attached to an aromatic ring is 1. The normalized spacial score (nSPS) is 13.8. The molecule has 1 fully saturated rings. The summed E-state index contributed by atoms with van der Waals surface area (Å²) in [4.78, 5) is 41.1. The molecule has 1 amide bonds. The van der Waals surface area contributed by atoms with Gasteiger partial charge in [0.25, 0.3) is 5.56 Å². The van der Waals surface area contributed by atoms with Crippen molar-refractivity contribution in [3.63, 3.8) is 0 Å². The highest BCUT2D eigenvalue weighted by Crippen LogP contribution is 2.25. The maximum absolute atomic E-state index is 13.3. The first-order valence-electron chi connectivity index (χ1n) is 10.7. The van der Waals surface area contributed by atoms with E-state index in [1.165, 1.54) is 18.8 Å². The van der Waals surface area contributed by atoms with Gasteiger partial charge in [-0.25, -0.2) is 9.36 Å². The Morgan fingerprint density at radius 3 is 2.50 bits per heavy atom. The van der Waals surface area contributed by atoms with Crippen LogP contribution < -0.4 is 31.9 Å². The van der Waals surface area contributed by atoms with E-state index in [4.69, 9.17) is 15.2 Å². The molecule has 0 radical (unpaired) electrons. The largest absolute Gasteiger partial charge is 0.495 e. The molecule has 0 atom stereocenters. The fourth-order valence-corrected chi connectivity index (χ4v) is 3.91. The summed E-state index contributed by atoms with van der Waals surface area (Å²) in [6.07, 6.45) is 2.95. The number of hydrogen-bond donors (Lipinski definition) is 2. The summed E-state index contributed by atoms with van der Waals surface area (Å²) in [6.45, 7) is 3.22. The summed E-state index contributed by atoms with van der Waals surface area (Å²) in [5, 5.41) is 2.74. The molecule has 0 spiro atoms. The summed E-state index contributed by atoms with van der Waals surface area (Å²) in [7, 11) is 3.02. The van der Waals surface area contributed by atoms with E-state index in [1.54, 1.807) is 12.1 Å². The van der Waals surface area contributed by atoms with Crippen LogP contribution in [-0.4, -0.2) is 49.0 Å². The molecular formula is C22H31N5O5. The van der Waals surface area contributed by atoms with Crippen LogP contribution in [0.1, 0.15) is 24.8 Å². The first-order chi connectivity index (χ1) is 15.4. The number of nitrogens with zero attached hydrogens (tertiary/aromatic N) is 3. The summed E-state index contributed by atoms with van der Waals surface area (Å²) in [5.74, 6) is 0.0804. The molecule has 0 aliphatic carbocycles. The van der Waals surface area contributed by atoms with Crippen LogP contribution >= 0.6 is 0 Å². The van der Waals surface area contributed by atoms with Crippen LogP contribution in [0.2, 0.25) is 0 Å². The Hall–Kier alpha value is -3.27. The molecule has 2 aromatic rings. The fourth-order valence-electron chi connectivity index (χ4n) is 3.91. The number of ether oxygens (including phenoxy) is 2. The second kappa shape index (κ2) is 10.4. The van der Waals surface area contributed by atoms with E-state index < -0.39 is 23.7 Å². The van der Waals surface area contributed by atoms with Crippen LogP contribution in [0.4, 0.5) is 17.2 Å². The number of aromatic nitrogens is 2. The Morgan fingerprint density at radius 1 is 1.12 bits per heavy atom. The number of piperidine rings is 1. The number of rotatable bonds is 8. The lowest BCUT2D eigenvalue weighted by molar-refractivity contribution is -0.116. The van der Waals surface area contributed by atoms with E-state index >= 15 is 0 Å². The molecule has 0 unspecified atom stereocenters. The van der Waals surface area contributed by atoms with Gasteiger partial charge < -0.3 is 25.4 Å². The Balaban J connectivity index is 1.99. The zero-order valence-corrected chi connectivity index (χ0v) is 18.8. The zero-order valence-electron chi connectivity index (χ0n) is 18.8. The van der Waals surface area contributed by atoms with Crippen molar-refractivity contribution >= 4 is 23.1 Å². The minimum Gasteiger partial charge on any atom is -0.495 e. The smallest absolute Gasteiger partial charge is 0.333 e. The number of benzene rings is 1. The predicted molar refractivity (Wildman–Crippen MR) is 124 cm³/mol. The third-order valence-electron chi connectivity index (χ3n) is 5.57. The summed E-state index contributed by atoms with van der Waals surface area (Å²) in [5.41, 5.74) is 6.73. The first kappa shape index (κ1) is 23.4. The Morgan fingerprint density at radius 2 is 1.84 bits per heavy atom. The molecule has 1 aromatic heterocycles. The number of nitrogens with two attached hydrogens (primary N) is 1. The van der Waals surface area contributed by atoms with Crippen molar-refractivity contribution in [2.24, 2.45) is 0 Å². The SMILES string of the molecule is COCCn1c(N)c(N2CCCCC2)c(=O)n(CC(=O)Nc2cc(C)ccc2OC)c1=O. The molecule has 3 N–H and O–H groups in total. The molecular weight excluding hydrogens is 414 g/mol. The Labute approximate surface area is 186 Å². The molecule has 1 aliphatic heterocycles. The van der Waals surface area contributed by atoms with E-state index in [0.29, 0.717) is 24.5 Å². The number of methoxy groups -OCH3 is 2. The number of anilines is 3. The molecule has 0 saturated carbocycles. The van der Waals surface area contributed by atoms with Gasteiger partial charge in [0.05, 0.1) is 25.9 Å². The van der Waals surface area contributed by atoms with Gasteiger partial charge in [-0.1, -0.05) is 6.07 Å². The number of carbonyl (C=O) groups is 1. The minimum absolute atomic E-state index is 0.107. The molecule has 10 nitrogen and oxygen atoms in total. The monoisotopic (exact) mass is 445 g/mol. The maximum atomic E-state index is 13.3. The second-order valence-corrected chi connectivity index (χ2v) is 7.85. The second-order valence-electron chi connectivity index (χ2n) is 7.85. The van der Waals surface area contributed by atoms with Crippen molar-refractivity contribution in [1.29, 1.82) is 0 Å². The predicted octanol–water partition coefficient (Wildman–Crippen LogP) is 1.18. The maximum Gasteiger partial charge on any atom is 0.333 e. The Bertz CT molecular complexity index is 1090. The van der Waals surface area contributed by atoms with Crippen molar-refractivity contribution in [1.82, 2.24) is 9.13 Å². The van der Waals surface area contributed by atoms with Gasteiger partial charge in [0, 0.05) is 20.2 Å². The number of nitrogens with one attached hydrogen (secondary N) is 1. The van der Waals surface area contributed by atoms with Crippen LogP contribution in [-0.2, 0) is 22.6 Å². The van der Waals surface area contributed by atoms with E-state index in [-0.39, 0.29) is 24.7 Å². The highest BCUT2D eigenvalue weighted by atomic mass is 16.5. The topological polar surface area (TPSA) is 121 Å². The number of aryl methyl sites for hydroxylation is 1. The molecule has 10 heteroatoms. The van der Waals surface area contributed by atoms with Gasteiger partial charge in [-0.2, -0.15) is 0 Å². The average Bonchev–Trinajstić information content (AvgIpc) is 2.77. The van der Waals surface area contributed by atoms with Crippen molar-refractivity contribution < 1.29 is 14.3 Å². The summed E-state index contributed by atoms with van der Waals surface area (Å²) in [6, 6.07) is 5.36. The van der Waals surface area contributed by atoms with Gasteiger partial charge in [0.1, 0.15) is 23.8 Å². The quantitative estimate of drug-likeness (QED) is 0.626. The van der Waals surface area contributed by atoms with E-state index in [0.717, 1.165) is 29.4 Å². The first-order valence-corrected chi connectivity index (χ1v) is 10.7. The van der Waals surface area contributed by atoms with Crippen molar-refractivity contribution in [3.8, 4) is 5.75 Å². The lowest BCUT2D eigenvalue weighted by Crippen LogP contribution is -2.47. The molecule has 0 bridgehead atoms. The van der Waals surface area contributed by atoms with Crippen molar-refractivity contribution in [2.45, 2.75) is 39.3 Å². The van der Waals surface area contributed by atoms with E-state index in [9.17, 15) is 14.4 Å². The number of carbonyl (C=O) groups excluding carboxylic acids is 1. The molecule has 32 heavy (non-hydrogen) atoms. The van der Waals surface area contributed by atoms with E-state index in [2.05, 4.69) is 5.32 Å². The van der Waals surface area contributed by atoms with Gasteiger partial charge in [0.2, 0.25) is 5.91 Å². The molecule has 2 heterocycles. The fraction of sp³-hybridized carbons (Fsp3) is 0.500. The lowest BCUT2D eigenvalue weighted by atomic mass is 10.1. The summed E-state index contributed by atoms with van der Waals surface area (Å²) >= 11 is 0. The van der Waals surface area contributed by atoms with Gasteiger partial charge in [-0.3, -0.25) is 14.2 Å². The average molecular weight is 446 g/mol. The highest BCUT2D eigenvalue weighted by molar-refractivity contribution is 5.92. The summed E-state index contributed by atoms with van der Waals surface area (Å²) < 4.78 is 12.6. The van der Waals surface area contributed by atoms with Gasteiger partial charge >= 0.3 is 5.69 Å². The third-order valence-corrected chi connectivity index (χ3v) is 5.57. The van der Waals surface area contributed by atoms with Gasteiger partial charge in [0.15, 0.2) is 0 Å². The van der Waals surface area contributed by atoms with Crippen LogP contribution in [0.5, 0.6) is 5.75 Å². The molecule has 1 aliphatic rings. The molecule has 1 aromatic carbocycles. The third kappa shape index (κ3) is 4.96. The van der Waals surface area contributed by atoms with E-state index in [1.807, 2.05) is 17.9 Å². The lowest BCUT2D eigenvalue weighted by Gasteiger charge is -2.30. The number of amides is 1. The molecule has 1 saturated heterocycles. The zero-order chi connectivity index (χ0) is 23.3.